The number of fused-ring (bicyclic) bond motifs is 1. The fraction of sp³-hybridized carbons (Fsp3) is 0.629. The van der Waals surface area contributed by atoms with Gasteiger partial charge in [-0.1, -0.05) is 19.1 Å². The van der Waals surface area contributed by atoms with E-state index in [1.54, 1.807) is 9.80 Å². The molecule has 0 bridgehead atoms. The summed E-state index contributed by atoms with van der Waals surface area (Å²) in [5.74, 6) is -3.36. The molecule has 1 unspecified atom stereocenters. The zero-order valence-corrected chi connectivity index (χ0v) is 29.4. The van der Waals surface area contributed by atoms with E-state index in [1.807, 2.05) is 9.80 Å². The van der Waals surface area contributed by atoms with Crippen molar-refractivity contribution >= 4 is 40.5 Å². The number of hydrogen-bond donors (Lipinski definition) is 3. The summed E-state index contributed by atoms with van der Waals surface area (Å²) in [5.41, 5.74) is 3.23. The topological polar surface area (TPSA) is 171 Å². The molecule has 2 aliphatic heterocycles. The Morgan fingerprint density at radius 3 is 1.82 bits per heavy atom. The average Bonchev–Trinajstić information content (AvgIpc) is 3.09. The molecule has 3 heterocycles. The highest BCUT2D eigenvalue weighted by molar-refractivity contribution is 5.82. The van der Waals surface area contributed by atoms with E-state index in [0.717, 1.165) is 61.4 Å². The van der Waals surface area contributed by atoms with Crippen LogP contribution in [-0.2, 0) is 30.3 Å². The van der Waals surface area contributed by atoms with Crippen molar-refractivity contribution in [2.45, 2.75) is 32.2 Å². The number of hydrogen-bond acceptors (Lipinski definition) is 12. The molecule has 2 aromatic rings. The number of esters is 1. The normalized spacial score (nSPS) is 19.0. The Hall–Kier alpha value is -3.89. The van der Waals surface area contributed by atoms with Gasteiger partial charge in [0, 0.05) is 95.3 Å². The van der Waals surface area contributed by atoms with Crippen LogP contribution in [0.2, 0.25) is 0 Å². The van der Waals surface area contributed by atoms with Crippen LogP contribution in [0.1, 0.15) is 25.5 Å². The summed E-state index contributed by atoms with van der Waals surface area (Å²) in [6.45, 7) is 8.55. The van der Waals surface area contributed by atoms with Gasteiger partial charge in [0.2, 0.25) is 0 Å². The van der Waals surface area contributed by atoms with E-state index in [-0.39, 0.29) is 19.6 Å². The van der Waals surface area contributed by atoms with Crippen molar-refractivity contribution in [3.8, 4) is 0 Å². The van der Waals surface area contributed by atoms with Crippen molar-refractivity contribution in [1.82, 2.24) is 29.5 Å². The number of aliphatic carboxylic acids is 3. The number of rotatable bonds is 14. The van der Waals surface area contributed by atoms with Crippen LogP contribution in [0.3, 0.4) is 0 Å². The van der Waals surface area contributed by atoms with Gasteiger partial charge in [-0.05, 0) is 44.0 Å². The fourth-order valence-electron chi connectivity index (χ4n) is 6.71. The second-order valence-corrected chi connectivity index (χ2v) is 13.1. The van der Waals surface area contributed by atoms with Crippen molar-refractivity contribution < 1.29 is 39.2 Å². The quantitative estimate of drug-likeness (QED) is 0.236. The van der Waals surface area contributed by atoms with Gasteiger partial charge >= 0.3 is 23.9 Å². The summed E-state index contributed by atoms with van der Waals surface area (Å²) in [4.78, 5) is 64.7. The smallest absolute Gasteiger partial charge is 0.320 e. The van der Waals surface area contributed by atoms with Gasteiger partial charge in [-0.25, -0.2) is 0 Å². The molecule has 2 aliphatic rings. The van der Waals surface area contributed by atoms with Crippen LogP contribution in [-0.4, -0.2) is 187 Å². The summed E-state index contributed by atoms with van der Waals surface area (Å²) < 4.78 is 4.82. The molecular weight excluding hydrogens is 646 g/mol. The third kappa shape index (κ3) is 12.2. The molecule has 0 radical (unpaired) electrons. The van der Waals surface area contributed by atoms with Crippen molar-refractivity contribution in [2.24, 2.45) is 0 Å². The number of carbonyl (C=O) groups excluding carboxylic acids is 1. The molecule has 276 valence electrons. The number of carboxylic acids is 3. The summed E-state index contributed by atoms with van der Waals surface area (Å²) in [6.07, 6.45) is 1.98. The van der Waals surface area contributed by atoms with E-state index in [4.69, 9.17) is 9.72 Å². The standard InChI is InChI=1S/C35H53N7O8/c1-3-28-8-6-27-7-9-29(23-30(27)36-28)41-19-15-37(16-20-41)10-4-5-31(35(48)49)42-21-17-38(24-32(43)44)11-13-40(26-34(47)50-2)14-12-39(18-22-42)25-33(45)46/h6-9,23,31H,3-5,10-22,24-26H2,1-2H3,(H,43,44)(H,45,46)(H,48,49). The highest BCUT2D eigenvalue weighted by Crippen LogP contribution is 2.23. The van der Waals surface area contributed by atoms with E-state index >= 15 is 0 Å². The first-order valence-electron chi connectivity index (χ1n) is 17.6. The zero-order valence-electron chi connectivity index (χ0n) is 29.4. The minimum Gasteiger partial charge on any atom is -0.480 e. The van der Waals surface area contributed by atoms with Gasteiger partial charge in [0.1, 0.15) is 6.04 Å². The monoisotopic (exact) mass is 699 g/mol. The minimum atomic E-state index is -0.992. The summed E-state index contributed by atoms with van der Waals surface area (Å²) in [6, 6.07) is 9.81. The average molecular weight is 700 g/mol. The molecule has 0 saturated carbocycles. The van der Waals surface area contributed by atoms with Crippen LogP contribution >= 0.6 is 0 Å². The highest BCUT2D eigenvalue weighted by atomic mass is 16.5. The van der Waals surface area contributed by atoms with Crippen LogP contribution in [0.5, 0.6) is 0 Å². The first-order chi connectivity index (χ1) is 24.0. The molecule has 15 heteroatoms. The third-order valence-electron chi connectivity index (χ3n) is 9.68. The van der Waals surface area contributed by atoms with Crippen LogP contribution in [0.25, 0.3) is 10.9 Å². The number of ether oxygens (including phenoxy) is 1. The molecule has 1 aromatic carbocycles. The van der Waals surface area contributed by atoms with Gasteiger partial charge in [-0.2, -0.15) is 0 Å². The summed E-state index contributed by atoms with van der Waals surface area (Å²) >= 11 is 0. The first kappa shape index (κ1) is 38.9. The number of aromatic nitrogens is 1. The summed E-state index contributed by atoms with van der Waals surface area (Å²) in [7, 11) is 1.30. The second kappa shape index (κ2) is 19.5. The molecule has 1 atom stereocenters. The Morgan fingerprint density at radius 2 is 1.28 bits per heavy atom. The highest BCUT2D eigenvalue weighted by Gasteiger charge is 2.28. The molecule has 50 heavy (non-hydrogen) atoms. The maximum atomic E-state index is 12.6. The van der Waals surface area contributed by atoms with Gasteiger partial charge in [-0.15, -0.1) is 0 Å². The number of nitrogens with zero attached hydrogens (tertiary/aromatic N) is 7. The van der Waals surface area contributed by atoms with E-state index in [1.165, 1.54) is 7.11 Å². The van der Waals surface area contributed by atoms with Crippen molar-refractivity contribution in [3.63, 3.8) is 0 Å². The number of carbonyl (C=O) groups is 4. The number of methoxy groups -OCH3 is 1. The van der Waals surface area contributed by atoms with Gasteiger partial charge in [0.05, 0.1) is 32.3 Å². The number of anilines is 1. The van der Waals surface area contributed by atoms with Gasteiger partial charge in [0.15, 0.2) is 0 Å². The molecule has 0 spiro atoms. The lowest BCUT2D eigenvalue weighted by Crippen LogP contribution is -2.52. The number of piperazine rings is 1. The van der Waals surface area contributed by atoms with Gasteiger partial charge < -0.3 is 25.0 Å². The SMILES string of the molecule is CCc1ccc2ccc(N3CCN(CCCC(C(=O)O)N4CCN(CC(=O)O)CCN(CC(=O)OC)CCN(CC(=O)O)CC4)CC3)cc2n1. The Morgan fingerprint density at radius 1 is 0.740 bits per heavy atom. The van der Waals surface area contributed by atoms with Crippen molar-refractivity contribution in [2.75, 3.05) is 117 Å². The molecule has 3 N–H and O–H groups in total. The van der Waals surface area contributed by atoms with E-state index in [0.29, 0.717) is 65.2 Å². The maximum Gasteiger partial charge on any atom is 0.320 e. The predicted octanol–water partition coefficient (Wildman–Crippen LogP) is 0.716. The zero-order chi connectivity index (χ0) is 36.0. The lowest BCUT2D eigenvalue weighted by molar-refractivity contribution is -0.145. The molecule has 2 saturated heterocycles. The molecular formula is C35H53N7O8. The van der Waals surface area contributed by atoms with Crippen LogP contribution in [0.15, 0.2) is 30.3 Å². The molecule has 2 fully saturated rings. The minimum absolute atomic E-state index is 0.00130. The van der Waals surface area contributed by atoms with Crippen molar-refractivity contribution in [3.05, 3.63) is 36.0 Å². The largest absolute Gasteiger partial charge is 0.480 e. The Kier molecular flexibility index (Phi) is 15.2. The first-order valence-corrected chi connectivity index (χ1v) is 17.6. The van der Waals surface area contributed by atoms with Gasteiger partial charge in [-0.3, -0.25) is 48.7 Å². The van der Waals surface area contributed by atoms with Crippen LogP contribution < -0.4 is 4.90 Å². The second-order valence-electron chi connectivity index (χ2n) is 13.1. The van der Waals surface area contributed by atoms with Gasteiger partial charge in [0.25, 0.3) is 0 Å². The van der Waals surface area contributed by atoms with Crippen LogP contribution in [0.4, 0.5) is 5.69 Å². The Bertz CT molecular complexity index is 1410. The summed E-state index contributed by atoms with van der Waals surface area (Å²) in [5, 5.41) is 30.6. The van der Waals surface area contributed by atoms with Crippen molar-refractivity contribution in [1.29, 1.82) is 0 Å². The Labute approximate surface area is 294 Å². The van der Waals surface area contributed by atoms with E-state index in [2.05, 4.69) is 47.1 Å². The number of aryl methyl sites for hydroxylation is 1. The lowest BCUT2D eigenvalue weighted by atomic mass is 10.1. The number of carboxylic acid groups (broad SMARTS) is 3. The predicted molar refractivity (Wildman–Crippen MR) is 189 cm³/mol. The van der Waals surface area contributed by atoms with Crippen LogP contribution in [0, 0.1) is 0 Å². The van der Waals surface area contributed by atoms with E-state index in [9.17, 15) is 34.5 Å². The molecule has 1 aromatic heterocycles. The molecule has 0 amide bonds. The molecule has 4 rings (SSSR count). The van der Waals surface area contributed by atoms with E-state index < -0.39 is 29.9 Å². The number of pyridine rings is 1. The Balaban J connectivity index is 1.36. The number of benzene rings is 1. The fourth-order valence-corrected chi connectivity index (χ4v) is 6.71. The third-order valence-corrected chi connectivity index (χ3v) is 9.68. The lowest BCUT2D eigenvalue weighted by Gasteiger charge is -2.37. The molecule has 15 nitrogen and oxygen atoms in total. The molecule has 0 aliphatic carbocycles. The maximum absolute atomic E-state index is 12.6.